The van der Waals surface area contributed by atoms with E-state index in [0.717, 1.165) is 15.7 Å². The maximum Gasteiger partial charge on any atom is 0.335 e. The van der Waals surface area contributed by atoms with Crippen molar-refractivity contribution in [2.75, 3.05) is 21.3 Å². The predicted octanol–water partition coefficient (Wildman–Crippen LogP) is 2.00. The number of hydrogen-bond donors (Lipinski definition) is 3. The second-order valence-electron chi connectivity index (χ2n) is 7.48. The number of rotatable bonds is 6. The van der Waals surface area contributed by atoms with Gasteiger partial charge in [-0.05, 0) is 36.2 Å². The highest BCUT2D eigenvalue weighted by atomic mass is 16.5. The molecule has 33 heavy (non-hydrogen) atoms. The average molecular weight is 452 g/mol. The molecule has 172 valence electrons. The zero-order chi connectivity index (χ0) is 23.7. The molecule has 10 nitrogen and oxygen atoms in total. The van der Waals surface area contributed by atoms with E-state index in [1.165, 1.54) is 21.3 Å². The number of hydrogen-bond acceptors (Lipinski definition) is 8. The average Bonchev–Trinajstić information content (AvgIpc) is 3.28. The number of aromatic amines is 1. The van der Waals surface area contributed by atoms with Crippen molar-refractivity contribution in [2.24, 2.45) is 5.10 Å². The molecule has 0 saturated carbocycles. The monoisotopic (exact) mass is 452 g/mol. The Labute approximate surface area is 189 Å². The van der Waals surface area contributed by atoms with E-state index < -0.39 is 17.1 Å². The van der Waals surface area contributed by atoms with E-state index in [1.807, 2.05) is 6.07 Å². The first-order valence-corrected chi connectivity index (χ1v) is 10.2. The molecule has 0 amide bonds. The third-order valence-corrected chi connectivity index (χ3v) is 5.57. The summed E-state index contributed by atoms with van der Waals surface area (Å²) in [7, 11) is 4.57. The number of hydrazone groups is 1. The number of methoxy groups -OCH3 is 3. The second-order valence-corrected chi connectivity index (χ2v) is 7.48. The van der Waals surface area contributed by atoms with Gasteiger partial charge in [-0.2, -0.15) is 5.10 Å². The van der Waals surface area contributed by atoms with Crippen molar-refractivity contribution in [3.63, 3.8) is 0 Å². The molecule has 2 heterocycles. The summed E-state index contributed by atoms with van der Waals surface area (Å²) < 4.78 is 17.3. The first kappa shape index (κ1) is 22.0. The Morgan fingerprint density at radius 3 is 2.33 bits per heavy atom. The third-order valence-electron chi connectivity index (χ3n) is 5.57. The maximum absolute atomic E-state index is 12.6. The first-order valence-electron chi connectivity index (χ1n) is 10.2. The summed E-state index contributed by atoms with van der Waals surface area (Å²) in [6.07, 6.45) is 0.279. The Hall–Kier alpha value is -4.21. The third kappa shape index (κ3) is 3.79. The molecule has 1 atom stereocenters. The SMILES string of the molecule is COc1cc(C2CC(c3c(O)n(-c4ccccc4C)c(=O)[nH]c3=O)=NN2)cc(OC)c1OC. The standard InChI is InChI=1S/C23H24N4O6/c1-12-7-5-6-8-16(12)27-22(29)19(21(28)24-23(27)30)15-11-14(25-26-15)13-9-17(31-2)20(33-4)18(10-13)32-3/h5-10,14,25,29H,11H2,1-4H3,(H,24,28,30). The molecule has 0 bridgehead atoms. The van der Waals surface area contributed by atoms with Gasteiger partial charge in [0.05, 0.1) is 38.8 Å². The fraction of sp³-hybridized carbons (Fsp3) is 0.261. The van der Waals surface area contributed by atoms with E-state index in [9.17, 15) is 14.7 Å². The van der Waals surface area contributed by atoms with Crippen LogP contribution in [0.15, 0.2) is 51.1 Å². The van der Waals surface area contributed by atoms with Crippen LogP contribution in [-0.2, 0) is 0 Å². The van der Waals surface area contributed by atoms with Crippen molar-refractivity contribution < 1.29 is 19.3 Å². The minimum atomic E-state index is -0.733. The van der Waals surface area contributed by atoms with E-state index in [-0.39, 0.29) is 18.0 Å². The van der Waals surface area contributed by atoms with Gasteiger partial charge in [-0.1, -0.05) is 18.2 Å². The zero-order valence-corrected chi connectivity index (χ0v) is 18.6. The molecule has 1 aromatic heterocycles. The van der Waals surface area contributed by atoms with E-state index in [2.05, 4.69) is 15.5 Å². The van der Waals surface area contributed by atoms with Gasteiger partial charge in [0.2, 0.25) is 11.6 Å². The van der Waals surface area contributed by atoms with Crippen LogP contribution < -0.4 is 30.9 Å². The summed E-state index contributed by atoms with van der Waals surface area (Å²) in [6.45, 7) is 1.81. The fourth-order valence-electron chi connectivity index (χ4n) is 3.92. The Bertz CT molecular complexity index is 1330. The Morgan fingerprint density at radius 1 is 1.06 bits per heavy atom. The topological polar surface area (TPSA) is 127 Å². The van der Waals surface area contributed by atoms with Crippen LogP contribution in [0.3, 0.4) is 0 Å². The van der Waals surface area contributed by atoms with E-state index in [1.54, 1.807) is 37.3 Å². The number of ether oxygens (including phenoxy) is 3. The zero-order valence-electron chi connectivity index (χ0n) is 18.6. The molecule has 0 saturated heterocycles. The number of H-pyrrole nitrogens is 1. The van der Waals surface area contributed by atoms with Crippen molar-refractivity contribution in [3.05, 3.63) is 73.9 Å². The number of aromatic hydroxyl groups is 1. The second kappa shape index (κ2) is 8.73. The van der Waals surface area contributed by atoms with Gasteiger partial charge in [0.15, 0.2) is 11.5 Å². The van der Waals surface area contributed by atoms with Gasteiger partial charge in [0.25, 0.3) is 5.56 Å². The quantitative estimate of drug-likeness (QED) is 0.522. The molecule has 10 heteroatoms. The molecule has 0 fully saturated rings. The first-order chi connectivity index (χ1) is 15.9. The largest absolute Gasteiger partial charge is 0.493 e. The molecule has 1 aliphatic heterocycles. The van der Waals surface area contributed by atoms with Crippen LogP contribution >= 0.6 is 0 Å². The van der Waals surface area contributed by atoms with Gasteiger partial charge >= 0.3 is 5.69 Å². The molecule has 4 rings (SSSR count). The lowest BCUT2D eigenvalue weighted by Crippen LogP contribution is -2.33. The molecular weight excluding hydrogens is 428 g/mol. The molecule has 1 unspecified atom stereocenters. The molecule has 0 radical (unpaired) electrons. The van der Waals surface area contributed by atoms with Gasteiger partial charge in [-0.25, -0.2) is 9.36 Å². The van der Waals surface area contributed by atoms with Crippen molar-refractivity contribution in [2.45, 2.75) is 19.4 Å². The maximum atomic E-state index is 12.6. The summed E-state index contributed by atoms with van der Waals surface area (Å²) in [5, 5.41) is 15.2. The van der Waals surface area contributed by atoms with Crippen LogP contribution in [0.4, 0.5) is 0 Å². The number of nitrogens with one attached hydrogen (secondary N) is 2. The highest BCUT2D eigenvalue weighted by Gasteiger charge is 2.29. The lowest BCUT2D eigenvalue weighted by atomic mass is 9.99. The summed E-state index contributed by atoms with van der Waals surface area (Å²) in [4.78, 5) is 27.5. The lowest BCUT2D eigenvalue weighted by molar-refractivity contribution is 0.323. The Morgan fingerprint density at radius 2 is 1.73 bits per heavy atom. The molecule has 0 spiro atoms. The molecule has 3 aromatic rings. The van der Waals surface area contributed by atoms with Crippen molar-refractivity contribution in [3.8, 4) is 28.8 Å². The Balaban J connectivity index is 1.74. The van der Waals surface area contributed by atoms with Crippen molar-refractivity contribution >= 4 is 5.71 Å². The molecule has 1 aliphatic rings. The fourth-order valence-corrected chi connectivity index (χ4v) is 3.92. The molecular formula is C23H24N4O6. The van der Waals surface area contributed by atoms with Crippen LogP contribution in [0.2, 0.25) is 0 Å². The van der Waals surface area contributed by atoms with Gasteiger partial charge in [0, 0.05) is 6.42 Å². The summed E-state index contributed by atoms with van der Waals surface area (Å²) >= 11 is 0. The number of para-hydroxylation sites is 1. The number of benzene rings is 2. The van der Waals surface area contributed by atoms with Gasteiger partial charge in [-0.15, -0.1) is 0 Å². The normalized spacial score (nSPS) is 15.0. The molecule has 3 N–H and O–H groups in total. The molecule has 0 aliphatic carbocycles. The van der Waals surface area contributed by atoms with Crippen LogP contribution in [-0.4, -0.2) is 41.7 Å². The number of nitrogens with zero attached hydrogens (tertiary/aromatic N) is 2. The molecule has 2 aromatic carbocycles. The number of aryl methyl sites for hydroxylation is 1. The summed E-state index contributed by atoms with van der Waals surface area (Å²) in [6, 6.07) is 10.3. The predicted molar refractivity (Wildman–Crippen MR) is 122 cm³/mol. The smallest absolute Gasteiger partial charge is 0.335 e. The van der Waals surface area contributed by atoms with Gasteiger partial charge in [-0.3, -0.25) is 9.78 Å². The van der Waals surface area contributed by atoms with Gasteiger partial charge in [0.1, 0.15) is 5.56 Å². The van der Waals surface area contributed by atoms with E-state index in [0.29, 0.717) is 28.6 Å². The van der Waals surface area contributed by atoms with E-state index >= 15 is 0 Å². The lowest BCUT2D eigenvalue weighted by Gasteiger charge is -2.17. The van der Waals surface area contributed by atoms with E-state index in [4.69, 9.17) is 14.2 Å². The van der Waals surface area contributed by atoms with Crippen molar-refractivity contribution in [1.29, 1.82) is 0 Å². The summed E-state index contributed by atoms with van der Waals surface area (Å²) in [5.74, 6) is 0.957. The Kier molecular flexibility index (Phi) is 5.82. The van der Waals surface area contributed by atoms with Crippen LogP contribution in [0.25, 0.3) is 5.69 Å². The van der Waals surface area contributed by atoms with Crippen LogP contribution in [0.5, 0.6) is 23.1 Å². The summed E-state index contributed by atoms with van der Waals surface area (Å²) in [5.41, 5.74) is 3.79. The minimum absolute atomic E-state index is 0.0692. The highest BCUT2D eigenvalue weighted by molar-refractivity contribution is 6.03. The van der Waals surface area contributed by atoms with Gasteiger partial charge < -0.3 is 24.7 Å². The van der Waals surface area contributed by atoms with Crippen LogP contribution in [0.1, 0.15) is 29.2 Å². The minimum Gasteiger partial charge on any atom is -0.493 e. The highest BCUT2D eigenvalue weighted by Crippen LogP contribution is 2.41. The number of aromatic nitrogens is 2. The van der Waals surface area contributed by atoms with Crippen molar-refractivity contribution in [1.82, 2.24) is 15.0 Å². The van der Waals surface area contributed by atoms with Crippen LogP contribution in [0, 0.1) is 6.92 Å².